The standard InChI is InChI=1S/C18H23N3O3S/c19-15-16(18(23)17(15)22)20-7-10-24-13-5-4-6-14(11-13)25-12-21-8-2-1-3-9-21/h4-6,11,20H,1-3,7-10,12,19H2. The predicted molar refractivity (Wildman–Crippen MR) is 102 cm³/mol. The molecule has 2 aromatic rings. The van der Waals surface area contributed by atoms with Gasteiger partial charge in [0.15, 0.2) is 0 Å². The van der Waals surface area contributed by atoms with Crippen molar-refractivity contribution < 1.29 is 4.74 Å². The van der Waals surface area contributed by atoms with Gasteiger partial charge >= 0.3 is 0 Å². The second-order valence-electron chi connectivity index (χ2n) is 6.15. The molecule has 1 saturated heterocycles. The quantitative estimate of drug-likeness (QED) is 0.422. The van der Waals surface area contributed by atoms with Crippen LogP contribution >= 0.6 is 11.8 Å². The molecule has 7 heteroatoms. The number of nitrogen functional groups attached to an aromatic ring is 1. The smallest absolute Gasteiger partial charge is 0.253 e. The van der Waals surface area contributed by atoms with E-state index in [-0.39, 0.29) is 11.4 Å². The van der Waals surface area contributed by atoms with Crippen LogP contribution in [0, 0.1) is 0 Å². The number of anilines is 2. The minimum Gasteiger partial charge on any atom is -0.492 e. The van der Waals surface area contributed by atoms with Gasteiger partial charge in [-0.1, -0.05) is 12.5 Å². The van der Waals surface area contributed by atoms with Gasteiger partial charge in [-0.25, -0.2) is 0 Å². The monoisotopic (exact) mass is 361 g/mol. The van der Waals surface area contributed by atoms with E-state index in [1.165, 1.54) is 37.2 Å². The SMILES string of the molecule is Nc1c(NCCOc2cccc(SCN3CCCCC3)c2)c(=O)c1=O. The number of nitrogens with two attached hydrogens (primary N) is 1. The lowest BCUT2D eigenvalue weighted by Gasteiger charge is -2.25. The summed E-state index contributed by atoms with van der Waals surface area (Å²) < 4.78 is 5.71. The number of hydrogen-bond donors (Lipinski definition) is 2. The fourth-order valence-electron chi connectivity index (χ4n) is 2.84. The summed E-state index contributed by atoms with van der Waals surface area (Å²) in [5.41, 5.74) is 4.53. The van der Waals surface area contributed by atoms with Crippen molar-refractivity contribution >= 4 is 23.1 Å². The van der Waals surface area contributed by atoms with Crippen LogP contribution in [0.2, 0.25) is 0 Å². The van der Waals surface area contributed by atoms with Gasteiger partial charge in [-0.05, 0) is 44.1 Å². The van der Waals surface area contributed by atoms with E-state index in [1.807, 2.05) is 30.0 Å². The summed E-state index contributed by atoms with van der Waals surface area (Å²) in [6.45, 7) is 3.18. The number of hydrogen-bond acceptors (Lipinski definition) is 7. The van der Waals surface area contributed by atoms with Crippen molar-refractivity contribution in [3.05, 3.63) is 44.7 Å². The van der Waals surface area contributed by atoms with Crippen LogP contribution in [0.25, 0.3) is 0 Å². The first kappa shape index (κ1) is 17.8. The zero-order valence-corrected chi connectivity index (χ0v) is 14.9. The maximum absolute atomic E-state index is 11.3. The third-order valence-electron chi connectivity index (χ3n) is 4.29. The lowest BCUT2D eigenvalue weighted by molar-refractivity contribution is 0.266. The Morgan fingerprint density at radius 2 is 1.96 bits per heavy atom. The first-order valence-corrected chi connectivity index (χ1v) is 9.54. The Labute approximate surface area is 151 Å². The number of nitrogens with one attached hydrogen (secondary N) is 1. The Bertz CT molecular complexity index is 780. The first-order chi connectivity index (χ1) is 12.1. The summed E-state index contributed by atoms with van der Waals surface area (Å²) in [6, 6.07) is 8.01. The van der Waals surface area contributed by atoms with Crippen molar-refractivity contribution in [2.75, 3.05) is 43.2 Å². The highest BCUT2D eigenvalue weighted by molar-refractivity contribution is 7.99. The minimum absolute atomic E-state index is 0.0149. The molecular formula is C18H23N3O3S. The Balaban J connectivity index is 1.42. The van der Waals surface area contributed by atoms with E-state index in [2.05, 4.69) is 16.3 Å². The highest BCUT2D eigenvalue weighted by Crippen LogP contribution is 2.24. The highest BCUT2D eigenvalue weighted by Gasteiger charge is 2.16. The summed E-state index contributed by atoms with van der Waals surface area (Å²) in [5, 5.41) is 2.85. The van der Waals surface area contributed by atoms with Gasteiger partial charge in [0.25, 0.3) is 10.9 Å². The van der Waals surface area contributed by atoms with Gasteiger partial charge in [-0.3, -0.25) is 14.5 Å². The van der Waals surface area contributed by atoms with Crippen LogP contribution in [0.15, 0.2) is 38.8 Å². The molecule has 0 atom stereocenters. The molecule has 2 aromatic carbocycles. The lowest BCUT2D eigenvalue weighted by Crippen LogP contribution is -2.37. The third-order valence-corrected chi connectivity index (χ3v) is 5.37. The highest BCUT2D eigenvalue weighted by atomic mass is 32.2. The van der Waals surface area contributed by atoms with Crippen LogP contribution in [0.1, 0.15) is 19.3 Å². The molecule has 134 valence electrons. The van der Waals surface area contributed by atoms with Gasteiger partial charge < -0.3 is 15.8 Å². The van der Waals surface area contributed by atoms with Crippen molar-refractivity contribution in [1.82, 2.24) is 4.90 Å². The molecule has 3 rings (SSSR count). The summed E-state index contributed by atoms with van der Waals surface area (Å²) in [6.07, 6.45) is 3.94. The maximum atomic E-state index is 11.3. The second kappa shape index (κ2) is 8.40. The summed E-state index contributed by atoms with van der Waals surface area (Å²) >= 11 is 1.82. The van der Waals surface area contributed by atoms with Crippen molar-refractivity contribution in [3.63, 3.8) is 0 Å². The molecule has 1 fully saturated rings. The largest absolute Gasteiger partial charge is 0.492 e. The molecule has 6 nitrogen and oxygen atoms in total. The topological polar surface area (TPSA) is 84.7 Å². The van der Waals surface area contributed by atoms with E-state index in [4.69, 9.17) is 10.5 Å². The fraction of sp³-hybridized carbons (Fsp3) is 0.444. The van der Waals surface area contributed by atoms with E-state index < -0.39 is 10.9 Å². The van der Waals surface area contributed by atoms with Gasteiger partial charge in [0.05, 0.1) is 0 Å². The number of likely N-dealkylation sites (tertiary alicyclic amines) is 1. The molecule has 0 unspecified atom stereocenters. The van der Waals surface area contributed by atoms with Gasteiger partial charge in [0.1, 0.15) is 23.7 Å². The fourth-order valence-corrected chi connectivity index (χ4v) is 3.80. The van der Waals surface area contributed by atoms with E-state index in [0.29, 0.717) is 13.2 Å². The molecule has 0 spiro atoms. The van der Waals surface area contributed by atoms with Crippen LogP contribution in [0.5, 0.6) is 5.75 Å². The number of thioether (sulfide) groups is 1. The molecule has 25 heavy (non-hydrogen) atoms. The average molecular weight is 361 g/mol. The van der Waals surface area contributed by atoms with E-state index >= 15 is 0 Å². The maximum Gasteiger partial charge on any atom is 0.253 e. The van der Waals surface area contributed by atoms with E-state index in [1.54, 1.807) is 0 Å². The molecule has 0 aromatic heterocycles. The van der Waals surface area contributed by atoms with Gasteiger partial charge in [-0.2, -0.15) is 0 Å². The molecule has 3 N–H and O–H groups in total. The summed E-state index contributed by atoms with van der Waals surface area (Å²) in [4.78, 5) is 26.0. The van der Waals surface area contributed by atoms with E-state index in [9.17, 15) is 9.59 Å². The zero-order valence-electron chi connectivity index (χ0n) is 14.1. The van der Waals surface area contributed by atoms with Crippen LogP contribution < -0.4 is 26.6 Å². The number of benzene rings is 1. The number of nitrogens with zero attached hydrogens (tertiary/aromatic N) is 1. The van der Waals surface area contributed by atoms with Crippen LogP contribution in [0.4, 0.5) is 11.4 Å². The summed E-state index contributed by atoms with van der Waals surface area (Å²) in [5.74, 6) is 1.80. The number of rotatable bonds is 8. The molecule has 0 amide bonds. The van der Waals surface area contributed by atoms with Crippen molar-refractivity contribution in [2.24, 2.45) is 0 Å². The normalized spacial score (nSPS) is 15.4. The first-order valence-electron chi connectivity index (χ1n) is 8.56. The van der Waals surface area contributed by atoms with Gasteiger partial charge in [0.2, 0.25) is 0 Å². The third kappa shape index (κ3) is 4.55. The van der Waals surface area contributed by atoms with Crippen molar-refractivity contribution in [3.8, 4) is 5.75 Å². The molecule has 0 aliphatic carbocycles. The molecule has 1 heterocycles. The zero-order chi connectivity index (χ0) is 17.6. The minimum atomic E-state index is -0.609. The molecule has 0 radical (unpaired) electrons. The van der Waals surface area contributed by atoms with Crippen LogP contribution in [0.3, 0.4) is 0 Å². The Morgan fingerprint density at radius 1 is 1.16 bits per heavy atom. The molecule has 1 aliphatic rings. The molecule has 0 bridgehead atoms. The lowest BCUT2D eigenvalue weighted by atomic mass is 10.1. The molecular weight excluding hydrogens is 338 g/mol. The van der Waals surface area contributed by atoms with Gasteiger partial charge in [0, 0.05) is 17.3 Å². The van der Waals surface area contributed by atoms with E-state index in [0.717, 1.165) is 11.6 Å². The Hall–Kier alpha value is -1.99. The predicted octanol–water partition coefficient (Wildman–Crippen LogP) is 1.89. The van der Waals surface area contributed by atoms with Crippen molar-refractivity contribution in [1.29, 1.82) is 0 Å². The van der Waals surface area contributed by atoms with Crippen LogP contribution in [-0.4, -0.2) is 37.0 Å². The molecule has 1 aliphatic heterocycles. The second-order valence-corrected chi connectivity index (χ2v) is 7.17. The number of ether oxygens (including phenoxy) is 1. The average Bonchev–Trinajstić information content (AvgIpc) is 2.66. The Morgan fingerprint density at radius 3 is 2.72 bits per heavy atom. The van der Waals surface area contributed by atoms with Gasteiger partial charge in [-0.15, -0.1) is 11.8 Å². The Kier molecular flexibility index (Phi) is 5.99. The van der Waals surface area contributed by atoms with Crippen molar-refractivity contribution in [2.45, 2.75) is 24.2 Å². The summed E-state index contributed by atoms with van der Waals surface area (Å²) in [7, 11) is 0. The molecule has 0 saturated carbocycles. The number of piperidine rings is 1. The van der Waals surface area contributed by atoms with Crippen LogP contribution in [-0.2, 0) is 0 Å².